The van der Waals surface area contributed by atoms with Gasteiger partial charge in [-0.1, -0.05) is 19.9 Å². The number of halogens is 1. The monoisotopic (exact) mass is 367 g/mol. The zero-order valence-corrected chi connectivity index (χ0v) is 15.4. The Morgan fingerprint density at radius 1 is 1.29 bits per heavy atom. The molecule has 0 saturated heterocycles. The van der Waals surface area contributed by atoms with E-state index in [9.17, 15) is 12.8 Å². The Hall–Kier alpha value is -1.93. The van der Waals surface area contributed by atoms with Gasteiger partial charge in [0.2, 0.25) is 0 Å². The number of nitrogens with one attached hydrogen (secondary N) is 1. The van der Waals surface area contributed by atoms with E-state index in [4.69, 9.17) is 0 Å². The lowest BCUT2D eigenvalue weighted by Gasteiger charge is -2.12. The summed E-state index contributed by atoms with van der Waals surface area (Å²) in [5, 5.41) is 0.112. The van der Waals surface area contributed by atoms with E-state index in [1.807, 2.05) is 20.8 Å². The number of hydrogen-bond acceptors (Lipinski definition) is 4. The van der Waals surface area contributed by atoms with Crippen molar-refractivity contribution in [3.8, 4) is 0 Å². The smallest absolute Gasteiger partial charge is 0.279 e. The number of imidazole rings is 1. The zero-order chi connectivity index (χ0) is 17.6. The minimum Gasteiger partial charge on any atom is -0.279 e. The lowest BCUT2D eigenvalue weighted by molar-refractivity contribution is 0.593. The third kappa shape index (κ3) is 2.91. The first-order valence-electron chi connectivity index (χ1n) is 7.46. The molecule has 0 bridgehead atoms. The third-order valence-electron chi connectivity index (χ3n) is 3.67. The second-order valence-corrected chi connectivity index (χ2v) is 8.83. The van der Waals surface area contributed by atoms with Crippen LogP contribution in [0.25, 0.3) is 4.96 Å². The minimum absolute atomic E-state index is 0.0578. The largest absolute Gasteiger partial charge is 0.279 e. The minimum atomic E-state index is -3.91. The van der Waals surface area contributed by atoms with Crippen molar-refractivity contribution in [2.24, 2.45) is 0 Å². The van der Waals surface area contributed by atoms with Crippen molar-refractivity contribution in [1.82, 2.24) is 9.38 Å². The van der Waals surface area contributed by atoms with E-state index in [-0.39, 0.29) is 16.6 Å². The lowest BCUT2D eigenvalue weighted by atomic mass is 10.2. The molecule has 0 fully saturated rings. The summed E-state index contributed by atoms with van der Waals surface area (Å²) < 4.78 is 43.5. The summed E-state index contributed by atoms with van der Waals surface area (Å²) in [6.45, 7) is 7.41. The summed E-state index contributed by atoms with van der Waals surface area (Å²) in [5.74, 6) is -0.551. The number of anilines is 1. The molecule has 5 nitrogen and oxygen atoms in total. The average molecular weight is 367 g/mol. The number of thiazole rings is 1. The third-order valence-corrected chi connectivity index (χ3v) is 5.97. The fourth-order valence-corrected chi connectivity index (χ4v) is 4.94. The van der Waals surface area contributed by atoms with Crippen molar-refractivity contribution in [1.29, 1.82) is 0 Å². The molecule has 0 aliphatic carbocycles. The van der Waals surface area contributed by atoms with Crippen LogP contribution < -0.4 is 4.72 Å². The maximum Gasteiger partial charge on any atom is 0.279 e. The van der Waals surface area contributed by atoms with E-state index in [2.05, 4.69) is 9.71 Å². The van der Waals surface area contributed by atoms with E-state index in [0.717, 1.165) is 4.88 Å². The molecule has 0 saturated carbocycles. The molecule has 3 aromatic rings. The van der Waals surface area contributed by atoms with E-state index < -0.39 is 15.8 Å². The van der Waals surface area contributed by atoms with Crippen LogP contribution in [-0.2, 0) is 10.0 Å². The molecule has 0 atom stereocenters. The topological polar surface area (TPSA) is 63.5 Å². The number of rotatable bonds is 4. The molecule has 2 heterocycles. The van der Waals surface area contributed by atoms with Crippen molar-refractivity contribution in [3.63, 3.8) is 0 Å². The molecule has 3 rings (SSSR count). The van der Waals surface area contributed by atoms with Crippen LogP contribution in [0.3, 0.4) is 0 Å². The van der Waals surface area contributed by atoms with Gasteiger partial charge in [0.25, 0.3) is 10.0 Å². The lowest BCUT2D eigenvalue weighted by Crippen LogP contribution is -2.18. The molecule has 0 spiro atoms. The molecule has 1 N–H and O–H groups in total. The van der Waals surface area contributed by atoms with Crippen LogP contribution in [0, 0.1) is 19.7 Å². The number of fused-ring (bicyclic) bond motifs is 1. The van der Waals surface area contributed by atoms with Gasteiger partial charge in [-0.05, 0) is 37.5 Å². The van der Waals surface area contributed by atoms with Gasteiger partial charge in [-0.15, -0.1) is 11.3 Å². The number of hydrogen-bond donors (Lipinski definition) is 1. The van der Waals surface area contributed by atoms with E-state index in [0.29, 0.717) is 16.2 Å². The normalized spacial score (nSPS) is 12.2. The summed E-state index contributed by atoms with van der Waals surface area (Å²) in [4.78, 5) is 6.07. The Morgan fingerprint density at radius 2 is 2.00 bits per heavy atom. The fraction of sp³-hybridized carbons (Fsp3) is 0.312. The van der Waals surface area contributed by atoms with Crippen LogP contribution in [0.15, 0.2) is 29.4 Å². The summed E-state index contributed by atoms with van der Waals surface area (Å²) in [6.07, 6.45) is 1.76. The summed E-state index contributed by atoms with van der Waals surface area (Å²) in [7, 11) is -3.91. The first-order chi connectivity index (χ1) is 11.2. The van der Waals surface area contributed by atoms with Crippen molar-refractivity contribution in [2.75, 3.05) is 4.72 Å². The Morgan fingerprint density at radius 3 is 2.67 bits per heavy atom. The maximum absolute atomic E-state index is 13.5. The van der Waals surface area contributed by atoms with Gasteiger partial charge in [0.15, 0.2) is 9.99 Å². The first-order valence-corrected chi connectivity index (χ1v) is 9.76. The molecular formula is C16H18FN3O2S2. The second-order valence-electron chi connectivity index (χ2n) is 6.02. The molecular weight excluding hydrogens is 349 g/mol. The Kier molecular flexibility index (Phi) is 4.13. The highest BCUT2D eigenvalue weighted by Crippen LogP contribution is 2.30. The summed E-state index contributed by atoms with van der Waals surface area (Å²) in [5.41, 5.74) is 1.38. The van der Waals surface area contributed by atoms with Crippen molar-refractivity contribution < 1.29 is 12.8 Å². The van der Waals surface area contributed by atoms with Crippen LogP contribution in [0.2, 0.25) is 0 Å². The highest BCUT2D eigenvalue weighted by Gasteiger charge is 2.28. The van der Waals surface area contributed by atoms with Gasteiger partial charge in [-0.25, -0.2) is 9.37 Å². The van der Waals surface area contributed by atoms with E-state index >= 15 is 0 Å². The molecule has 1 aromatic carbocycles. The predicted molar refractivity (Wildman–Crippen MR) is 93.8 cm³/mol. The molecule has 0 aliphatic heterocycles. The maximum atomic E-state index is 13.5. The number of sulfonamides is 1. The highest BCUT2D eigenvalue weighted by atomic mass is 32.2. The number of nitrogens with zero attached hydrogens (tertiary/aromatic N) is 2. The molecule has 0 radical (unpaired) electrons. The molecule has 0 amide bonds. The van der Waals surface area contributed by atoms with Gasteiger partial charge < -0.3 is 0 Å². The fourth-order valence-electron chi connectivity index (χ4n) is 2.49. The molecule has 128 valence electrons. The molecule has 8 heteroatoms. The van der Waals surface area contributed by atoms with Crippen LogP contribution in [-0.4, -0.2) is 17.8 Å². The standard InChI is InChI=1S/C16H18FN3O2S2/c1-9(2)14-15(20-8-11(4)23-16(20)18-14)24(21,22)19-13-7-12(17)6-5-10(13)3/h5-9,19H,1-4H3. The summed E-state index contributed by atoms with van der Waals surface area (Å²) >= 11 is 1.43. The second kappa shape index (κ2) is 5.86. The first kappa shape index (κ1) is 16.9. The van der Waals surface area contributed by atoms with Gasteiger partial charge in [0.1, 0.15) is 5.82 Å². The van der Waals surface area contributed by atoms with Gasteiger partial charge in [-0.3, -0.25) is 9.12 Å². The molecule has 24 heavy (non-hydrogen) atoms. The van der Waals surface area contributed by atoms with Crippen molar-refractivity contribution in [2.45, 2.75) is 38.6 Å². The van der Waals surface area contributed by atoms with Gasteiger partial charge in [-0.2, -0.15) is 8.42 Å². The van der Waals surface area contributed by atoms with Crippen LogP contribution in [0.1, 0.15) is 35.9 Å². The summed E-state index contributed by atoms with van der Waals surface area (Å²) in [6, 6.07) is 4.02. The predicted octanol–water partition coefficient (Wildman–Crippen LogP) is 4.08. The van der Waals surface area contributed by atoms with E-state index in [1.165, 1.54) is 29.5 Å². The Bertz CT molecular complexity index is 1020. The van der Waals surface area contributed by atoms with Gasteiger partial charge >= 0.3 is 0 Å². The number of benzene rings is 1. The highest BCUT2D eigenvalue weighted by molar-refractivity contribution is 7.92. The SMILES string of the molecule is Cc1cn2c(S(=O)(=O)Nc3cc(F)ccc3C)c(C(C)C)nc2s1. The Balaban J connectivity index is 2.17. The molecule has 0 unspecified atom stereocenters. The molecule has 0 aliphatic rings. The van der Waals surface area contributed by atoms with Crippen LogP contribution >= 0.6 is 11.3 Å². The number of aryl methyl sites for hydroxylation is 2. The Labute approximate surface area is 144 Å². The van der Waals surface area contributed by atoms with Crippen LogP contribution in [0.5, 0.6) is 0 Å². The molecule has 2 aromatic heterocycles. The van der Waals surface area contributed by atoms with Crippen LogP contribution in [0.4, 0.5) is 10.1 Å². The van der Waals surface area contributed by atoms with E-state index in [1.54, 1.807) is 17.5 Å². The average Bonchev–Trinajstić information content (AvgIpc) is 2.98. The quantitative estimate of drug-likeness (QED) is 0.756. The number of aromatic nitrogens is 2. The van der Waals surface area contributed by atoms with Gasteiger partial charge in [0, 0.05) is 11.1 Å². The zero-order valence-electron chi connectivity index (χ0n) is 13.8. The van der Waals surface area contributed by atoms with Crippen molar-refractivity contribution in [3.05, 3.63) is 46.3 Å². The van der Waals surface area contributed by atoms with Crippen molar-refractivity contribution >= 4 is 32.0 Å². The van der Waals surface area contributed by atoms with Gasteiger partial charge in [0.05, 0.1) is 11.4 Å².